The van der Waals surface area contributed by atoms with Gasteiger partial charge in [0.05, 0.1) is 6.10 Å². The minimum absolute atomic E-state index is 0.00229. The highest BCUT2D eigenvalue weighted by atomic mass is 16.3. The van der Waals surface area contributed by atoms with Gasteiger partial charge in [-0.15, -0.1) is 0 Å². The van der Waals surface area contributed by atoms with Crippen LogP contribution in [0.25, 0.3) is 0 Å². The van der Waals surface area contributed by atoms with Gasteiger partial charge in [-0.2, -0.15) is 0 Å². The maximum absolute atomic E-state index is 9.68. The van der Waals surface area contributed by atoms with Crippen LogP contribution < -0.4 is 5.32 Å². The Labute approximate surface area is 92.9 Å². The van der Waals surface area contributed by atoms with Crippen molar-refractivity contribution in [1.29, 1.82) is 0 Å². The summed E-state index contributed by atoms with van der Waals surface area (Å²) in [5.74, 6) is 0. The van der Waals surface area contributed by atoms with Gasteiger partial charge in [-0.1, -0.05) is 13.8 Å². The predicted molar refractivity (Wildman–Crippen MR) is 61.7 cm³/mol. The van der Waals surface area contributed by atoms with Gasteiger partial charge < -0.3 is 15.5 Å². The van der Waals surface area contributed by atoms with Crippen molar-refractivity contribution in [2.45, 2.75) is 58.1 Å². The van der Waals surface area contributed by atoms with Gasteiger partial charge in [0.2, 0.25) is 0 Å². The molecule has 0 heterocycles. The molecule has 0 spiro atoms. The molecule has 1 aliphatic carbocycles. The molecule has 1 saturated carbocycles. The first kappa shape index (κ1) is 12.9. The summed E-state index contributed by atoms with van der Waals surface area (Å²) in [6, 6.07) is 0.244. The largest absolute Gasteiger partial charge is 0.396 e. The van der Waals surface area contributed by atoms with Crippen LogP contribution in [0, 0.1) is 5.41 Å². The van der Waals surface area contributed by atoms with E-state index in [9.17, 15) is 10.2 Å². The second-order valence-corrected chi connectivity index (χ2v) is 4.85. The Bertz CT molecular complexity index is 172. The SMILES string of the molecule is CCC(CC)(CO)CN[C@H]1CCC[C@@H]1O. The summed E-state index contributed by atoms with van der Waals surface area (Å²) >= 11 is 0. The maximum Gasteiger partial charge on any atom is 0.0693 e. The van der Waals surface area contributed by atoms with E-state index in [0.717, 1.165) is 38.6 Å². The minimum Gasteiger partial charge on any atom is -0.396 e. The van der Waals surface area contributed by atoms with Crippen molar-refractivity contribution in [1.82, 2.24) is 5.32 Å². The lowest BCUT2D eigenvalue weighted by atomic mass is 9.83. The molecule has 2 atom stereocenters. The summed E-state index contributed by atoms with van der Waals surface area (Å²) in [6.45, 7) is 5.28. The fourth-order valence-corrected chi connectivity index (χ4v) is 2.31. The third kappa shape index (κ3) is 3.16. The van der Waals surface area contributed by atoms with Gasteiger partial charge in [0.25, 0.3) is 0 Å². The summed E-state index contributed by atoms with van der Waals surface area (Å²) in [4.78, 5) is 0. The van der Waals surface area contributed by atoms with Gasteiger partial charge in [0.15, 0.2) is 0 Å². The van der Waals surface area contributed by atoms with E-state index in [-0.39, 0.29) is 24.2 Å². The molecule has 0 amide bonds. The van der Waals surface area contributed by atoms with E-state index >= 15 is 0 Å². The molecule has 0 aliphatic heterocycles. The van der Waals surface area contributed by atoms with Crippen LogP contribution >= 0.6 is 0 Å². The van der Waals surface area contributed by atoms with Gasteiger partial charge in [-0.05, 0) is 32.1 Å². The Kier molecular flexibility index (Phi) is 5.03. The molecule has 15 heavy (non-hydrogen) atoms. The number of hydrogen-bond donors (Lipinski definition) is 3. The van der Waals surface area contributed by atoms with Crippen LogP contribution in [0.3, 0.4) is 0 Å². The number of rotatable bonds is 6. The van der Waals surface area contributed by atoms with Crippen LogP contribution in [0.5, 0.6) is 0 Å². The smallest absolute Gasteiger partial charge is 0.0693 e. The Morgan fingerprint density at radius 2 is 1.93 bits per heavy atom. The summed E-state index contributed by atoms with van der Waals surface area (Å²) in [5, 5.41) is 22.5. The van der Waals surface area contributed by atoms with Crippen LogP contribution in [0.15, 0.2) is 0 Å². The highest BCUT2D eigenvalue weighted by Gasteiger charge is 2.30. The summed E-state index contributed by atoms with van der Waals surface area (Å²) < 4.78 is 0. The summed E-state index contributed by atoms with van der Waals surface area (Å²) in [6.07, 6.45) is 4.88. The van der Waals surface area contributed by atoms with Crippen LogP contribution in [0.4, 0.5) is 0 Å². The molecule has 1 aliphatic rings. The molecule has 1 fully saturated rings. The second kappa shape index (κ2) is 5.83. The molecule has 90 valence electrons. The minimum atomic E-state index is -0.185. The molecule has 3 heteroatoms. The molecule has 0 aromatic rings. The normalized spacial score (nSPS) is 27.2. The molecule has 0 unspecified atom stereocenters. The van der Waals surface area contributed by atoms with E-state index in [1.54, 1.807) is 0 Å². The zero-order chi connectivity index (χ0) is 11.3. The average Bonchev–Trinajstić information content (AvgIpc) is 2.67. The molecule has 0 aromatic heterocycles. The van der Waals surface area contributed by atoms with Gasteiger partial charge in [0, 0.05) is 24.6 Å². The third-order valence-corrected chi connectivity index (χ3v) is 4.05. The molecule has 3 nitrogen and oxygen atoms in total. The van der Waals surface area contributed by atoms with E-state index in [4.69, 9.17) is 0 Å². The molecule has 1 rings (SSSR count). The zero-order valence-corrected chi connectivity index (χ0v) is 10.00. The van der Waals surface area contributed by atoms with E-state index in [2.05, 4.69) is 19.2 Å². The number of hydrogen-bond acceptors (Lipinski definition) is 3. The molecule has 3 N–H and O–H groups in total. The zero-order valence-electron chi connectivity index (χ0n) is 10.00. The van der Waals surface area contributed by atoms with Crippen LogP contribution in [-0.4, -0.2) is 35.5 Å². The molecule has 0 radical (unpaired) electrons. The topological polar surface area (TPSA) is 52.5 Å². The standard InChI is InChI=1S/C12H25NO2/c1-3-12(4-2,9-14)8-13-10-6-5-7-11(10)15/h10-11,13-15H,3-9H2,1-2H3/t10-,11-/m0/s1. The number of aliphatic hydroxyl groups excluding tert-OH is 2. The van der Waals surface area contributed by atoms with Crippen molar-refractivity contribution in [3.8, 4) is 0 Å². The molecular weight excluding hydrogens is 190 g/mol. The summed E-state index contributed by atoms with van der Waals surface area (Å²) in [5.41, 5.74) is 0.00229. The Morgan fingerprint density at radius 3 is 2.33 bits per heavy atom. The molecule has 0 aromatic carbocycles. The second-order valence-electron chi connectivity index (χ2n) is 4.85. The lowest BCUT2D eigenvalue weighted by Gasteiger charge is -2.31. The van der Waals surface area contributed by atoms with Crippen molar-refractivity contribution in [2.75, 3.05) is 13.2 Å². The fraction of sp³-hybridized carbons (Fsp3) is 1.00. The Balaban J connectivity index is 2.39. The lowest BCUT2D eigenvalue weighted by Crippen LogP contribution is -2.44. The quantitative estimate of drug-likeness (QED) is 0.626. The molecular formula is C12H25NO2. The van der Waals surface area contributed by atoms with Crippen molar-refractivity contribution in [3.05, 3.63) is 0 Å². The fourth-order valence-electron chi connectivity index (χ4n) is 2.31. The Hall–Kier alpha value is -0.120. The maximum atomic E-state index is 9.68. The predicted octanol–water partition coefficient (Wildman–Crippen LogP) is 1.29. The molecule has 0 bridgehead atoms. The lowest BCUT2D eigenvalue weighted by molar-refractivity contribution is 0.0937. The third-order valence-electron chi connectivity index (χ3n) is 4.05. The highest BCUT2D eigenvalue weighted by molar-refractivity contribution is 4.86. The van der Waals surface area contributed by atoms with Crippen LogP contribution in [-0.2, 0) is 0 Å². The van der Waals surface area contributed by atoms with Crippen molar-refractivity contribution in [3.63, 3.8) is 0 Å². The van der Waals surface area contributed by atoms with Gasteiger partial charge in [0.1, 0.15) is 0 Å². The monoisotopic (exact) mass is 215 g/mol. The van der Waals surface area contributed by atoms with Gasteiger partial charge in [-0.25, -0.2) is 0 Å². The van der Waals surface area contributed by atoms with Crippen LogP contribution in [0.1, 0.15) is 46.0 Å². The van der Waals surface area contributed by atoms with Crippen LogP contribution in [0.2, 0.25) is 0 Å². The van der Waals surface area contributed by atoms with Crippen molar-refractivity contribution >= 4 is 0 Å². The van der Waals surface area contributed by atoms with E-state index in [1.807, 2.05) is 0 Å². The first-order chi connectivity index (χ1) is 7.17. The van der Waals surface area contributed by atoms with E-state index < -0.39 is 0 Å². The first-order valence-corrected chi connectivity index (χ1v) is 6.19. The van der Waals surface area contributed by atoms with Gasteiger partial charge in [-0.3, -0.25) is 0 Å². The average molecular weight is 215 g/mol. The first-order valence-electron chi connectivity index (χ1n) is 6.19. The molecule has 0 saturated heterocycles. The van der Waals surface area contributed by atoms with E-state index in [1.165, 1.54) is 0 Å². The van der Waals surface area contributed by atoms with Crippen molar-refractivity contribution in [2.24, 2.45) is 5.41 Å². The van der Waals surface area contributed by atoms with E-state index in [0.29, 0.717) is 0 Å². The number of nitrogens with one attached hydrogen (secondary N) is 1. The number of aliphatic hydroxyl groups is 2. The van der Waals surface area contributed by atoms with Gasteiger partial charge >= 0.3 is 0 Å². The highest BCUT2D eigenvalue weighted by Crippen LogP contribution is 2.26. The van der Waals surface area contributed by atoms with Crippen molar-refractivity contribution < 1.29 is 10.2 Å². The Morgan fingerprint density at radius 1 is 1.27 bits per heavy atom. The summed E-state index contributed by atoms with van der Waals surface area (Å²) in [7, 11) is 0.